The molecule has 0 spiro atoms. The molecule has 0 aliphatic rings. The molecule has 0 bridgehead atoms. The minimum atomic E-state index is -4.39. The first-order valence-corrected chi connectivity index (χ1v) is 6.64. The lowest BCUT2D eigenvalue weighted by Crippen LogP contribution is -2.48. The molecule has 0 saturated heterocycles. The van der Waals surface area contributed by atoms with Crippen molar-refractivity contribution in [3.8, 4) is 0 Å². The normalized spacial score (nSPS) is 13.9. The van der Waals surface area contributed by atoms with Gasteiger partial charge in [-0.1, -0.05) is 25.1 Å². The zero-order valence-electron chi connectivity index (χ0n) is 12.3. The number of hydrogen-bond donors (Lipinski definition) is 2. The second-order valence-corrected chi connectivity index (χ2v) is 5.83. The Kier molecular flexibility index (Phi) is 5.39. The van der Waals surface area contributed by atoms with Crippen LogP contribution in [-0.2, 0) is 17.4 Å². The smallest absolute Gasteiger partial charge is 0.394 e. The SMILES string of the molecule is CC(Cc1cccc(C(F)(F)F)c1)C(=O)NC(C)(C)CO. The van der Waals surface area contributed by atoms with Gasteiger partial charge in [0.25, 0.3) is 0 Å². The van der Waals surface area contributed by atoms with Crippen molar-refractivity contribution >= 4 is 5.91 Å². The molecular weight excluding hydrogens is 283 g/mol. The summed E-state index contributed by atoms with van der Waals surface area (Å²) in [7, 11) is 0. The quantitative estimate of drug-likeness (QED) is 0.879. The van der Waals surface area contributed by atoms with Gasteiger partial charge in [-0.3, -0.25) is 4.79 Å². The molecule has 118 valence electrons. The van der Waals surface area contributed by atoms with E-state index in [0.717, 1.165) is 12.1 Å². The van der Waals surface area contributed by atoms with Crippen molar-refractivity contribution in [3.05, 3.63) is 35.4 Å². The Bertz CT molecular complexity index is 498. The highest BCUT2D eigenvalue weighted by atomic mass is 19.4. The number of amides is 1. The van der Waals surface area contributed by atoms with Gasteiger partial charge in [-0.05, 0) is 31.9 Å². The molecule has 1 amide bonds. The van der Waals surface area contributed by atoms with Gasteiger partial charge >= 0.3 is 6.18 Å². The van der Waals surface area contributed by atoms with Crippen molar-refractivity contribution in [1.29, 1.82) is 0 Å². The third-order valence-corrected chi connectivity index (χ3v) is 3.10. The molecule has 0 heterocycles. The zero-order valence-corrected chi connectivity index (χ0v) is 12.3. The lowest BCUT2D eigenvalue weighted by molar-refractivity contribution is -0.137. The molecule has 1 atom stereocenters. The molecule has 1 unspecified atom stereocenters. The first kappa shape index (κ1) is 17.5. The number of halogens is 3. The zero-order chi connectivity index (χ0) is 16.3. The van der Waals surface area contributed by atoms with Crippen molar-refractivity contribution in [2.24, 2.45) is 5.92 Å². The van der Waals surface area contributed by atoms with Crippen molar-refractivity contribution in [1.82, 2.24) is 5.32 Å². The van der Waals surface area contributed by atoms with Crippen LogP contribution in [0.1, 0.15) is 31.9 Å². The summed E-state index contributed by atoms with van der Waals surface area (Å²) < 4.78 is 37.9. The Morgan fingerprint density at radius 1 is 1.33 bits per heavy atom. The highest BCUT2D eigenvalue weighted by Gasteiger charge is 2.30. The number of alkyl halides is 3. The average molecular weight is 303 g/mol. The Morgan fingerprint density at radius 2 is 1.95 bits per heavy atom. The molecule has 2 N–H and O–H groups in total. The van der Waals surface area contributed by atoms with Crippen LogP contribution < -0.4 is 5.32 Å². The summed E-state index contributed by atoms with van der Waals surface area (Å²) in [4.78, 5) is 12.0. The molecule has 21 heavy (non-hydrogen) atoms. The lowest BCUT2D eigenvalue weighted by Gasteiger charge is -2.25. The fourth-order valence-corrected chi connectivity index (χ4v) is 1.82. The number of hydrogen-bond acceptors (Lipinski definition) is 2. The van der Waals surface area contributed by atoms with Gasteiger partial charge in [0, 0.05) is 5.92 Å². The van der Waals surface area contributed by atoms with Crippen LogP contribution in [0.5, 0.6) is 0 Å². The van der Waals surface area contributed by atoms with Crippen LogP contribution in [-0.4, -0.2) is 23.2 Å². The number of carbonyl (C=O) groups is 1. The van der Waals surface area contributed by atoms with Crippen LogP contribution >= 0.6 is 0 Å². The predicted molar refractivity (Wildman–Crippen MR) is 73.6 cm³/mol. The fraction of sp³-hybridized carbons (Fsp3) is 0.533. The van der Waals surface area contributed by atoms with E-state index in [1.165, 1.54) is 6.07 Å². The van der Waals surface area contributed by atoms with Crippen molar-refractivity contribution in [2.45, 2.75) is 38.9 Å². The van der Waals surface area contributed by atoms with Gasteiger partial charge in [0.05, 0.1) is 17.7 Å². The Hall–Kier alpha value is -1.56. The molecule has 0 aliphatic carbocycles. The third kappa shape index (κ3) is 5.38. The largest absolute Gasteiger partial charge is 0.416 e. The summed E-state index contributed by atoms with van der Waals surface area (Å²) in [5, 5.41) is 11.8. The molecule has 3 nitrogen and oxygen atoms in total. The number of aliphatic hydroxyl groups excluding tert-OH is 1. The van der Waals surface area contributed by atoms with Crippen LogP contribution in [0.15, 0.2) is 24.3 Å². The van der Waals surface area contributed by atoms with E-state index in [0.29, 0.717) is 5.56 Å². The van der Waals surface area contributed by atoms with E-state index in [9.17, 15) is 18.0 Å². The summed E-state index contributed by atoms with van der Waals surface area (Å²) >= 11 is 0. The maximum absolute atomic E-state index is 12.6. The van der Waals surface area contributed by atoms with Gasteiger partial charge in [0.2, 0.25) is 5.91 Å². The molecule has 0 aliphatic heterocycles. The first-order valence-electron chi connectivity index (χ1n) is 6.64. The molecule has 1 rings (SSSR count). The second-order valence-electron chi connectivity index (χ2n) is 5.83. The lowest BCUT2D eigenvalue weighted by atomic mass is 9.97. The van der Waals surface area contributed by atoms with E-state index in [2.05, 4.69) is 5.32 Å². The van der Waals surface area contributed by atoms with Crippen LogP contribution in [0.3, 0.4) is 0 Å². The Labute approximate surface area is 122 Å². The van der Waals surface area contributed by atoms with Crippen molar-refractivity contribution in [2.75, 3.05) is 6.61 Å². The molecule has 0 fully saturated rings. The number of benzene rings is 1. The highest BCUT2D eigenvalue weighted by Crippen LogP contribution is 2.30. The summed E-state index contributed by atoms with van der Waals surface area (Å²) in [6.45, 7) is 4.77. The van der Waals surface area contributed by atoms with Crippen LogP contribution in [0.25, 0.3) is 0 Å². The van der Waals surface area contributed by atoms with E-state index < -0.39 is 23.2 Å². The summed E-state index contributed by atoms with van der Waals surface area (Å²) in [5.41, 5.74) is -1.02. The predicted octanol–water partition coefficient (Wildman–Crippen LogP) is 2.77. The monoisotopic (exact) mass is 303 g/mol. The van der Waals surface area contributed by atoms with Crippen LogP contribution in [0.2, 0.25) is 0 Å². The number of carbonyl (C=O) groups excluding carboxylic acids is 1. The summed E-state index contributed by atoms with van der Waals surface area (Å²) in [6, 6.07) is 4.96. The van der Waals surface area contributed by atoms with Crippen molar-refractivity contribution in [3.63, 3.8) is 0 Å². The van der Waals surface area contributed by atoms with Crippen LogP contribution in [0, 0.1) is 5.92 Å². The molecule has 6 heteroatoms. The van der Waals surface area contributed by atoms with E-state index in [-0.39, 0.29) is 18.9 Å². The fourth-order valence-electron chi connectivity index (χ4n) is 1.82. The molecule has 0 aromatic heterocycles. The van der Waals surface area contributed by atoms with E-state index in [4.69, 9.17) is 5.11 Å². The van der Waals surface area contributed by atoms with Crippen LogP contribution in [0.4, 0.5) is 13.2 Å². The Morgan fingerprint density at radius 3 is 2.48 bits per heavy atom. The number of nitrogens with one attached hydrogen (secondary N) is 1. The van der Waals surface area contributed by atoms with Gasteiger partial charge in [0.15, 0.2) is 0 Å². The first-order chi connectivity index (χ1) is 9.55. The van der Waals surface area contributed by atoms with E-state index in [1.54, 1.807) is 26.8 Å². The molecular formula is C15H20F3NO2. The molecule has 0 radical (unpaired) electrons. The molecule has 0 saturated carbocycles. The summed E-state index contributed by atoms with van der Waals surface area (Å²) in [6.07, 6.45) is -4.18. The van der Waals surface area contributed by atoms with Gasteiger partial charge in [-0.2, -0.15) is 13.2 Å². The van der Waals surface area contributed by atoms with Gasteiger partial charge < -0.3 is 10.4 Å². The average Bonchev–Trinajstić information content (AvgIpc) is 2.37. The van der Waals surface area contributed by atoms with Gasteiger partial charge in [0.1, 0.15) is 0 Å². The minimum absolute atomic E-state index is 0.206. The standard InChI is InChI=1S/C15H20F3NO2/c1-10(13(21)19-14(2,3)9-20)7-11-5-4-6-12(8-11)15(16,17)18/h4-6,8,10,20H,7,9H2,1-3H3,(H,19,21). The number of rotatable bonds is 5. The molecule has 1 aromatic rings. The highest BCUT2D eigenvalue weighted by molar-refractivity contribution is 5.79. The summed E-state index contributed by atoms with van der Waals surface area (Å²) in [5.74, 6) is -0.786. The molecule has 1 aromatic carbocycles. The van der Waals surface area contributed by atoms with Gasteiger partial charge in [-0.25, -0.2) is 0 Å². The van der Waals surface area contributed by atoms with E-state index in [1.807, 2.05) is 0 Å². The van der Waals surface area contributed by atoms with Gasteiger partial charge in [-0.15, -0.1) is 0 Å². The number of aliphatic hydroxyl groups is 1. The second kappa shape index (κ2) is 6.47. The topological polar surface area (TPSA) is 49.3 Å². The Balaban J connectivity index is 2.75. The third-order valence-electron chi connectivity index (χ3n) is 3.10. The van der Waals surface area contributed by atoms with E-state index >= 15 is 0 Å². The maximum atomic E-state index is 12.6. The maximum Gasteiger partial charge on any atom is 0.416 e. The van der Waals surface area contributed by atoms with Crippen molar-refractivity contribution < 1.29 is 23.1 Å². The minimum Gasteiger partial charge on any atom is -0.394 e.